The van der Waals surface area contributed by atoms with Crippen molar-refractivity contribution in [2.75, 3.05) is 11.9 Å². The fourth-order valence-corrected chi connectivity index (χ4v) is 4.11. The minimum Gasteiger partial charge on any atom is -0.482 e. The van der Waals surface area contributed by atoms with Crippen LogP contribution in [0, 0.1) is 5.82 Å². The standard InChI is InChI=1S/C21H20FN3O2S/c1-3-13(2)25-18(12-28-21(25)23-16-7-5-15(22)6-8-16)14-4-9-19-17(10-14)24-20(26)11-27-19/h4-10,12-13H,3,11H2,1-2H3,(H,24,26). The summed E-state index contributed by atoms with van der Waals surface area (Å²) in [7, 11) is 0. The van der Waals surface area contributed by atoms with Gasteiger partial charge in [-0.25, -0.2) is 9.38 Å². The first-order chi connectivity index (χ1) is 13.5. The molecule has 7 heteroatoms. The monoisotopic (exact) mass is 397 g/mol. The van der Waals surface area contributed by atoms with Crippen LogP contribution in [0.15, 0.2) is 52.8 Å². The van der Waals surface area contributed by atoms with Crippen molar-refractivity contribution >= 4 is 28.6 Å². The summed E-state index contributed by atoms with van der Waals surface area (Å²) in [4.78, 5) is 17.2. The van der Waals surface area contributed by atoms with Crippen LogP contribution in [0.25, 0.3) is 11.3 Å². The lowest BCUT2D eigenvalue weighted by molar-refractivity contribution is -0.118. The second kappa shape index (κ2) is 7.59. The number of rotatable bonds is 4. The summed E-state index contributed by atoms with van der Waals surface area (Å²) < 4.78 is 20.8. The van der Waals surface area contributed by atoms with Crippen molar-refractivity contribution in [2.45, 2.75) is 26.3 Å². The number of thiazole rings is 1. The Bertz CT molecular complexity index is 1090. The molecule has 28 heavy (non-hydrogen) atoms. The van der Waals surface area contributed by atoms with Crippen molar-refractivity contribution in [1.82, 2.24) is 4.57 Å². The Balaban J connectivity index is 1.82. The van der Waals surface area contributed by atoms with Crippen molar-refractivity contribution in [3.05, 3.63) is 58.5 Å². The van der Waals surface area contributed by atoms with Crippen LogP contribution in [0.4, 0.5) is 15.8 Å². The smallest absolute Gasteiger partial charge is 0.262 e. The van der Waals surface area contributed by atoms with Gasteiger partial charge < -0.3 is 14.6 Å². The van der Waals surface area contributed by atoms with Crippen LogP contribution in [0.5, 0.6) is 5.75 Å². The summed E-state index contributed by atoms with van der Waals surface area (Å²) in [5.74, 6) is 0.237. The number of carbonyl (C=O) groups is 1. The predicted molar refractivity (Wildman–Crippen MR) is 108 cm³/mol. The van der Waals surface area contributed by atoms with E-state index in [1.165, 1.54) is 23.5 Å². The highest BCUT2D eigenvalue weighted by Crippen LogP contribution is 2.34. The van der Waals surface area contributed by atoms with Crippen molar-refractivity contribution in [3.63, 3.8) is 0 Å². The van der Waals surface area contributed by atoms with Crippen LogP contribution in [0.2, 0.25) is 0 Å². The van der Waals surface area contributed by atoms with E-state index in [2.05, 4.69) is 29.1 Å². The summed E-state index contributed by atoms with van der Waals surface area (Å²) in [5.41, 5.74) is 3.37. The maximum atomic E-state index is 13.2. The summed E-state index contributed by atoms with van der Waals surface area (Å²) in [5, 5.41) is 4.91. The van der Waals surface area contributed by atoms with Gasteiger partial charge in [0.1, 0.15) is 11.6 Å². The van der Waals surface area contributed by atoms with Crippen LogP contribution in [0.3, 0.4) is 0 Å². The lowest BCUT2D eigenvalue weighted by Crippen LogP contribution is -2.25. The zero-order valence-electron chi connectivity index (χ0n) is 15.6. The maximum absolute atomic E-state index is 13.2. The molecule has 1 unspecified atom stereocenters. The van der Waals surface area contributed by atoms with E-state index in [9.17, 15) is 9.18 Å². The number of anilines is 1. The molecule has 4 rings (SSSR count). The Kier molecular flexibility index (Phi) is 5.00. The molecule has 1 atom stereocenters. The van der Waals surface area contributed by atoms with E-state index in [0.29, 0.717) is 17.1 Å². The van der Waals surface area contributed by atoms with Gasteiger partial charge in [-0.05, 0) is 55.8 Å². The number of aromatic nitrogens is 1. The second-order valence-electron chi connectivity index (χ2n) is 6.67. The van der Waals surface area contributed by atoms with Gasteiger partial charge >= 0.3 is 0 Å². The van der Waals surface area contributed by atoms with E-state index in [0.717, 1.165) is 22.5 Å². The second-order valence-corrected chi connectivity index (χ2v) is 7.50. The molecule has 2 heterocycles. The van der Waals surface area contributed by atoms with Gasteiger partial charge in [-0.15, -0.1) is 11.3 Å². The van der Waals surface area contributed by atoms with Gasteiger partial charge in [0.2, 0.25) is 0 Å². The lowest BCUT2D eigenvalue weighted by atomic mass is 10.1. The Morgan fingerprint density at radius 2 is 2.07 bits per heavy atom. The zero-order chi connectivity index (χ0) is 19.7. The normalized spacial score (nSPS) is 15.0. The Hall–Kier alpha value is -2.93. The largest absolute Gasteiger partial charge is 0.482 e. The Morgan fingerprint density at radius 3 is 2.82 bits per heavy atom. The van der Waals surface area contributed by atoms with E-state index in [1.807, 2.05) is 18.2 Å². The third kappa shape index (κ3) is 3.57. The first-order valence-electron chi connectivity index (χ1n) is 9.12. The number of hydrogen-bond acceptors (Lipinski definition) is 4. The number of nitrogens with zero attached hydrogens (tertiary/aromatic N) is 2. The number of hydrogen-bond donors (Lipinski definition) is 1. The van der Waals surface area contributed by atoms with Crippen molar-refractivity contribution in [2.24, 2.45) is 4.99 Å². The molecule has 0 saturated carbocycles. The molecule has 3 aromatic rings. The molecule has 1 aliphatic rings. The number of fused-ring (bicyclic) bond motifs is 1. The molecule has 2 aromatic carbocycles. The Morgan fingerprint density at radius 1 is 1.29 bits per heavy atom. The quantitative estimate of drug-likeness (QED) is 0.681. The van der Waals surface area contributed by atoms with Crippen molar-refractivity contribution in [1.29, 1.82) is 0 Å². The minimum absolute atomic E-state index is 0.0400. The molecular weight excluding hydrogens is 377 g/mol. The fourth-order valence-electron chi connectivity index (χ4n) is 3.09. The van der Waals surface area contributed by atoms with Gasteiger partial charge in [0.25, 0.3) is 5.91 Å². The van der Waals surface area contributed by atoms with Crippen LogP contribution < -0.4 is 14.9 Å². The summed E-state index contributed by atoms with van der Waals surface area (Å²) in [6, 6.07) is 12.2. The molecule has 0 aliphatic carbocycles. The topological polar surface area (TPSA) is 55.6 Å². The fraction of sp³-hybridized carbons (Fsp3) is 0.238. The molecular formula is C21H20FN3O2S. The van der Waals surface area contributed by atoms with Gasteiger partial charge in [0.15, 0.2) is 11.4 Å². The number of nitrogens with one attached hydrogen (secondary N) is 1. The average Bonchev–Trinajstić information content (AvgIpc) is 3.12. The van der Waals surface area contributed by atoms with Crippen LogP contribution >= 0.6 is 11.3 Å². The van der Waals surface area contributed by atoms with Gasteiger partial charge in [-0.3, -0.25) is 4.79 Å². The highest BCUT2D eigenvalue weighted by Gasteiger charge is 2.19. The molecule has 0 radical (unpaired) electrons. The van der Waals surface area contributed by atoms with Gasteiger partial charge in [-0.1, -0.05) is 6.92 Å². The highest BCUT2D eigenvalue weighted by molar-refractivity contribution is 7.07. The summed E-state index contributed by atoms with van der Waals surface area (Å²) in [6.07, 6.45) is 0.936. The lowest BCUT2D eigenvalue weighted by Gasteiger charge is -2.20. The SMILES string of the molecule is CCC(C)n1c(-c2ccc3c(c2)NC(=O)CO3)csc1=Nc1ccc(F)cc1. The molecule has 1 amide bonds. The van der Waals surface area contributed by atoms with Crippen molar-refractivity contribution < 1.29 is 13.9 Å². The third-order valence-electron chi connectivity index (χ3n) is 4.73. The number of amides is 1. The minimum atomic E-state index is -0.279. The van der Waals surface area contributed by atoms with E-state index in [1.54, 1.807) is 12.1 Å². The molecule has 0 fully saturated rings. The number of benzene rings is 2. The summed E-state index contributed by atoms with van der Waals surface area (Å²) in [6.45, 7) is 4.31. The maximum Gasteiger partial charge on any atom is 0.262 e. The molecule has 1 aromatic heterocycles. The number of ether oxygens (including phenoxy) is 1. The van der Waals surface area contributed by atoms with E-state index < -0.39 is 0 Å². The molecule has 144 valence electrons. The number of carbonyl (C=O) groups excluding carboxylic acids is 1. The van der Waals surface area contributed by atoms with E-state index in [-0.39, 0.29) is 24.4 Å². The highest BCUT2D eigenvalue weighted by atomic mass is 32.1. The Labute approximate surface area is 166 Å². The van der Waals surface area contributed by atoms with Crippen LogP contribution in [-0.4, -0.2) is 17.1 Å². The molecule has 0 saturated heterocycles. The van der Waals surface area contributed by atoms with E-state index >= 15 is 0 Å². The molecule has 1 aliphatic heterocycles. The first kappa shape index (κ1) is 18.4. The van der Waals surface area contributed by atoms with Gasteiger partial charge in [0, 0.05) is 17.0 Å². The van der Waals surface area contributed by atoms with Crippen LogP contribution in [-0.2, 0) is 4.79 Å². The molecule has 1 N–H and O–H groups in total. The number of halogens is 1. The van der Waals surface area contributed by atoms with Gasteiger partial charge in [0.05, 0.1) is 17.1 Å². The van der Waals surface area contributed by atoms with Gasteiger partial charge in [-0.2, -0.15) is 0 Å². The van der Waals surface area contributed by atoms with E-state index in [4.69, 9.17) is 9.73 Å². The van der Waals surface area contributed by atoms with Crippen LogP contribution in [0.1, 0.15) is 26.3 Å². The molecule has 0 spiro atoms. The predicted octanol–water partition coefficient (Wildman–Crippen LogP) is 4.89. The molecule has 5 nitrogen and oxygen atoms in total. The molecule has 0 bridgehead atoms. The third-order valence-corrected chi connectivity index (χ3v) is 5.57. The van der Waals surface area contributed by atoms with Crippen molar-refractivity contribution in [3.8, 4) is 17.0 Å². The summed E-state index contributed by atoms with van der Waals surface area (Å²) >= 11 is 1.54. The zero-order valence-corrected chi connectivity index (χ0v) is 16.4. The first-order valence-corrected chi connectivity index (χ1v) is 10.0. The average molecular weight is 397 g/mol.